The Balaban J connectivity index is 1.75. The standard InChI is InChI=1S/C21H31NO2/c1-3-4-10-20-14-13-18-11-12-19(17-8-6-5-7-9-17)15-21(18)22(20)24-16(2)23/h5-9,18-21H,3-4,10-15H2,1-2H3. The van der Waals surface area contributed by atoms with Crippen molar-refractivity contribution >= 4 is 5.97 Å². The summed E-state index contributed by atoms with van der Waals surface area (Å²) in [5, 5.41) is 2.11. The van der Waals surface area contributed by atoms with Gasteiger partial charge in [-0.15, -0.1) is 5.06 Å². The van der Waals surface area contributed by atoms with Gasteiger partial charge in [0, 0.05) is 19.0 Å². The predicted molar refractivity (Wildman–Crippen MR) is 96.5 cm³/mol. The predicted octanol–water partition coefficient (Wildman–Crippen LogP) is 5.07. The van der Waals surface area contributed by atoms with Crippen LogP contribution in [0.5, 0.6) is 0 Å². The van der Waals surface area contributed by atoms with Crippen LogP contribution in [0.25, 0.3) is 0 Å². The summed E-state index contributed by atoms with van der Waals surface area (Å²) in [5.74, 6) is 1.11. The molecule has 0 bridgehead atoms. The summed E-state index contributed by atoms with van der Waals surface area (Å²) >= 11 is 0. The highest BCUT2D eigenvalue weighted by atomic mass is 16.7. The summed E-state index contributed by atoms with van der Waals surface area (Å²) in [5.41, 5.74) is 1.44. The van der Waals surface area contributed by atoms with Gasteiger partial charge < -0.3 is 4.84 Å². The maximum atomic E-state index is 11.7. The Labute approximate surface area is 146 Å². The SMILES string of the molecule is CCCCC1CCC2CCC(c3ccccc3)CC2N1OC(C)=O. The third-order valence-corrected chi connectivity index (χ3v) is 5.91. The molecule has 0 amide bonds. The van der Waals surface area contributed by atoms with Gasteiger partial charge in [0.15, 0.2) is 0 Å². The highest BCUT2D eigenvalue weighted by molar-refractivity contribution is 5.65. The molecule has 3 heteroatoms. The van der Waals surface area contributed by atoms with E-state index >= 15 is 0 Å². The van der Waals surface area contributed by atoms with E-state index in [1.165, 1.54) is 51.0 Å². The second kappa shape index (κ2) is 8.15. The van der Waals surface area contributed by atoms with Crippen molar-refractivity contribution in [1.29, 1.82) is 0 Å². The van der Waals surface area contributed by atoms with E-state index in [9.17, 15) is 4.79 Å². The van der Waals surface area contributed by atoms with Crippen LogP contribution < -0.4 is 0 Å². The van der Waals surface area contributed by atoms with Gasteiger partial charge in [0.05, 0.1) is 0 Å². The number of fused-ring (bicyclic) bond motifs is 1. The smallest absolute Gasteiger partial charge is 0.322 e. The van der Waals surface area contributed by atoms with E-state index in [0.29, 0.717) is 23.9 Å². The number of unbranched alkanes of at least 4 members (excludes halogenated alkanes) is 1. The molecule has 4 unspecified atom stereocenters. The van der Waals surface area contributed by atoms with Crippen molar-refractivity contribution in [1.82, 2.24) is 5.06 Å². The molecular formula is C21H31NO2. The van der Waals surface area contributed by atoms with Gasteiger partial charge in [-0.2, -0.15) is 0 Å². The molecule has 1 aromatic carbocycles. The number of carbonyl (C=O) groups is 1. The largest absolute Gasteiger partial charge is 0.368 e. The van der Waals surface area contributed by atoms with E-state index in [1.54, 1.807) is 0 Å². The quantitative estimate of drug-likeness (QED) is 0.755. The first-order valence-electron chi connectivity index (χ1n) is 9.70. The zero-order valence-corrected chi connectivity index (χ0v) is 15.1. The number of hydrogen-bond acceptors (Lipinski definition) is 3. The molecule has 1 saturated carbocycles. The van der Waals surface area contributed by atoms with Gasteiger partial charge in [-0.25, -0.2) is 0 Å². The summed E-state index contributed by atoms with van der Waals surface area (Å²) in [4.78, 5) is 17.4. The minimum atomic E-state index is -0.168. The number of nitrogens with zero attached hydrogens (tertiary/aromatic N) is 1. The number of hydrogen-bond donors (Lipinski definition) is 0. The second-order valence-corrected chi connectivity index (χ2v) is 7.56. The minimum Gasteiger partial charge on any atom is -0.368 e. The van der Waals surface area contributed by atoms with Gasteiger partial charge in [0.25, 0.3) is 0 Å². The summed E-state index contributed by atoms with van der Waals surface area (Å²) in [7, 11) is 0. The van der Waals surface area contributed by atoms with Crippen LogP contribution in [0, 0.1) is 5.92 Å². The molecule has 132 valence electrons. The Morgan fingerprint density at radius 3 is 2.62 bits per heavy atom. The first-order chi connectivity index (χ1) is 11.7. The molecule has 0 aromatic heterocycles. The Kier molecular flexibility index (Phi) is 5.94. The fraction of sp³-hybridized carbons (Fsp3) is 0.667. The second-order valence-electron chi connectivity index (χ2n) is 7.56. The van der Waals surface area contributed by atoms with Crippen molar-refractivity contribution < 1.29 is 9.63 Å². The van der Waals surface area contributed by atoms with E-state index in [1.807, 2.05) is 0 Å². The zero-order chi connectivity index (χ0) is 16.9. The monoisotopic (exact) mass is 329 g/mol. The Bertz CT molecular complexity index is 530. The number of carbonyl (C=O) groups excluding carboxylic acids is 1. The third-order valence-electron chi connectivity index (χ3n) is 5.91. The van der Waals surface area contributed by atoms with Gasteiger partial charge in [0.1, 0.15) is 0 Å². The van der Waals surface area contributed by atoms with Gasteiger partial charge in [-0.1, -0.05) is 50.1 Å². The Hall–Kier alpha value is -1.35. The molecule has 1 saturated heterocycles. The fourth-order valence-corrected chi connectivity index (χ4v) is 4.69. The van der Waals surface area contributed by atoms with Crippen molar-refractivity contribution in [2.24, 2.45) is 5.92 Å². The van der Waals surface area contributed by atoms with Gasteiger partial charge >= 0.3 is 5.97 Å². The molecule has 0 radical (unpaired) electrons. The number of benzene rings is 1. The van der Waals surface area contributed by atoms with Crippen LogP contribution in [0.3, 0.4) is 0 Å². The molecule has 1 aromatic rings. The lowest BCUT2D eigenvalue weighted by Crippen LogP contribution is -2.53. The molecule has 2 fully saturated rings. The lowest BCUT2D eigenvalue weighted by molar-refractivity contribution is -0.236. The van der Waals surface area contributed by atoms with Crippen LogP contribution in [-0.4, -0.2) is 23.1 Å². The third kappa shape index (κ3) is 4.00. The van der Waals surface area contributed by atoms with Crippen molar-refractivity contribution in [2.45, 2.75) is 83.2 Å². The average molecular weight is 329 g/mol. The van der Waals surface area contributed by atoms with Crippen LogP contribution in [0.2, 0.25) is 0 Å². The van der Waals surface area contributed by atoms with Crippen LogP contribution in [0.4, 0.5) is 0 Å². The van der Waals surface area contributed by atoms with Gasteiger partial charge in [-0.05, 0) is 55.9 Å². The average Bonchev–Trinajstić information content (AvgIpc) is 2.61. The number of rotatable bonds is 5. The Morgan fingerprint density at radius 2 is 1.92 bits per heavy atom. The van der Waals surface area contributed by atoms with Crippen LogP contribution in [0.15, 0.2) is 30.3 Å². The maximum absolute atomic E-state index is 11.7. The molecule has 1 aliphatic carbocycles. The summed E-state index contributed by atoms with van der Waals surface area (Å²) < 4.78 is 0. The van der Waals surface area contributed by atoms with E-state index < -0.39 is 0 Å². The number of hydroxylamine groups is 2. The maximum Gasteiger partial charge on any atom is 0.322 e. The van der Waals surface area contributed by atoms with Gasteiger partial charge in [0.2, 0.25) is 0 Å². The lowest BCUT2D eigenvalue weighted by atomic mass is 9.71. The first-order valence-corrected chi connectivity index (χ1v) is 9.70. The number of piperidine rings is 1. The van der Waals surface area contributed by atoms with E-state index in [0.717, 1.165) is 12.8 Å². The molecule has 0 spiro atoms. The van der Waals surface area contributed by atoms with Crippen LogP contribution in [-0.2, 0) is 9.63 Å². The van der Waals surface area contributed by atoms with E-state index in [4.69, 9.17) is 4.84 Å². The molecule has 1 aliphatic heterocycles. The van der Waals surface area contributed by atoms with Crippen molar-refractivity contribution in [2.75, 3.05) is 0 Å². The van der Waals surface area contributed by atoms with E-state index in [-0.39, 0.29) is 5.97 Å². The Morgan fingerprint density at radius 1 is 1.17 bits per heavy atom. The van der Waals surface area contributed by atoms with E-state index in [2.05, 4.69) is 42.3 Å². The zero-order valence-electron chi connectivity index (χ0n) is 15.1. The molecule has 2 aliphatic rings. The molecule has 0 N–H and O–H groups in total. The van der Waals surface area contributed by atoms with Crippen LogP contribution >= 0.6 is 0 Å². The molecule has 1 heterocycles. The highest BCUT2D eigenvalue weighted by Crippen LogP contribution is 2.44. The molecule has 3 rings (SSSR count). The summed E-state index contributed by atoms with van der Waals surface area (Å²) in [6.07, 6.45) is 9.64. The lowest BCUT2D eigenvalue weighted by Gasteiger charge is -2.48. The van der Waals surface area contributed by atoms with Crippen molar-refractivity contribution in [3.8, 4) is 0 Å². The van der Waals surface area contributed by atoms with Gasteiger partial charge in [-0.3, -0.25) is 4.79 Å². The fourth-order valence-electron chi connectivity index (χ4n) is 4.69. The summed E-state index contributed by atoms with van der Waals surface area (Å²) in [6, 6.07) is 11.7. The van der Waals surface area contributed by atoms with Crippen LogP contribution in [0.1, 0.15) is 76.7 Å². The normalized spacial score (nSPS) is 30.6. The minimum absolute atomic E-state index is 0.168. The van der Waals surface area contributed by atoms with Crippen molar-refractivity contribution in [3.63, 3.8) is 0 Å². The van der Waals surface area contributed by atoms with Crippen molar-refractivity contribution in [3.05, 3.63) is 35.9 Å². The molecular weight excluding hydrogens is 298 g/mol. The molecule has 24 heavy (non-hydrogen) atoms. The highest BCUT2D eigenvalue weighted by Gasteiger charge is 2.42. The topological polar surface area (TPSA) is 29.5 Å². The summed E-state index contributed by atoms with van der Waals surface area (Å²) in [6.45, 7) is 3.77. The molecule has 4 atom stereocenters. The molecule has 3 nitrogen and oxygen atoms in total. The first kappa shape index (κ1) is 17.5.